The second-order valence-corrected chi connectivity index (χ2v) is 5.99. The first-order valence-corrected chi connectivity index (χ1v) is 5.49. The van der Waals surface area contributed by atoms with Crippen molar-refractivity contribution in [2.24, 2.45) is 11.1 Å². The molecule has 0 saturated carbocycles. The first-order valence-electron chi connectivity index (χ1n) is 5.49. The Hall–Kier alpha value is -0.610. The van der Waals surface area contributed by atoms with Gasteiger partial charge < -0.3 is 15.6 Å². The van der Waals surface area contributed by atoms with E-state index in [0.717, 1.165) is 0 Å². The molecule has 0 aliphatic heterocycles. The molecule has 0 radical (unpaired) electrons. The third-order valence-corrected chi connectivity index (χ3v) is 3.47. The maximum Gasteiger partial charge on any atom is 0.303 e. The molecule has 16 heavy (non-hydrogen) atoms. The minimum absolute atomic E-state index is 0.0449. The molecular formula is C12H25NO3. The second-order valence-electron chi connectivity index (χ2n) is 5.99. The molecule has 0 fully saturated rings. The van der Waals surface area contributed by atoms with Crippen molar-refractivity contribution in [3.8, 4) is 0 Å². The highest BCUT2D eigenvalue weighted by molar-refractivity contribution is 5.68. The number of rotatable bonds is 6. The average Bonchev–Trinajstić information content (AvgIpc) is 1.99. The van der Waals surface area contributed by atoms with Crippen LogP contribution in [0.3, 0.4) is 0 Å². The molecule has 3 N–H and O–H groups in total. The van der Waals surface area contributed by atoms with E-state index in [4.69, 9.17) is 15.6 Å². The third-order valence-electron chi connectivity index (χ3n) is 3.47. The van der Waals surface area contributed by atoms with E-state index in [-0.39, 0.29) is 12.0 Å². The van der Waals surface area contributed by atoms with Crippen molar-refractivity contribution in [2.45, 2.75) is 58.6 Å². The van der Waals surface area contributed by atoms with Crippen LogP contribution < -0.4 is 5.73 Å². The maximum absolute atomic E-state index is 10.9. The van der Waals surface area contributed by atoms with Crippen LogP contribution in [-0.2, 0) is 9.53 Å². The number of aliphatic carboxylic acids is 1. The fraction of sp³-hybridized carbons (Fsp3) is 0.917. The molecule has 0 aliphatic carbocycles. The first kappa shape index (κ1) is 15.4. The normalized spacial score (nSPS) is 16.9. The van der Waals surface area contributed by atoms with Crippen LogP contribution in [-0.4, -0.2) is 29.3 Å². The number of hydrogen-bond donors (Lipinski definition) is 2. The smallest absolute Gasteiger partial charge is 0.303 e. The van der Waals surface area contributed by atoms with E-state index in [1.165, 1.54) is 0 Å². The van der Waals surface area contributed by atoms with Crippen molar-refractivity contribution >= 4 is 5.97 Å². The van der Waals surface area contributed by atoms with Gasteiger partial charge >= 0.3 is 5.97 Å². The highest BCUT2D eigenvalue weighted by Gasteiger charge is 2.43. The number of carboxylic acid groups (broad SMARTS) is 1. The van der Waals surface area contributed by atoms with Gasteiger partial charge in [0.25, 0.3) is 0 Å². The van der Waals surface area contributed by atoms with Crippen LogP contribution in [0.1, 0.15) is 47.5 Å². The van der Waals surface area contributed by atoms with Crippen LogP contribution in [0, 0.1) is 5.41 Å². The number of ether oxygens (including phenoxy) is 1. The SMILES string of the molecule is COC(C)(C)CC(C)(CC(=O)O)C(C)(C)N. The predicted molar refractivity (Wildman–Crippen MR) is 64.3 cm³/mol. The summed E-state index contributed by atoms with van der Waals surface area (Å²) in [4.78, 5) is 10.9. The Morgan fingerprint density at radius 1 is 1.25 bits per heavy atom. The van der Waals surface area contributed by atoms with Gasteiger partial charge in [0.2, 0.25) is 0 Å². The average molecular weight is 231 g/mol. The fourth-order valence-electron chi connectivity index (χ4n) is 1.86. The topological polar surface area (TPSA) is 72.5 Å². The molecule has 0 rings (SSSR count). The highest BCUT2D eigenvalue weighted by atomic mass is 16.5. The van der Waals surface area contributed by atoms with E-state index >= 15 is 0 Å². The van der Waals surface area contributed by atoms with E-state index in [1.54, 1.807) is 7.11 Å². The van der Waals surface area contributed by atoms with E-state index in [0.29, 0.717) is 6.42 Å². The molecule has 0 aromatic rings. The minimum Gasteiger partial charge on any atom is -0.481 e. The van der Waals surface area contributed by atoms with E-state index in [1.807, 2.05) is 34.6 Å². The summed E-state index contributed by atoms with van der Waals surface area (Å²) >= 11 is 0. The number of hydrogen-bond acceptors (Lipinski definition) is 3. The lowest BCUT2D eigenvalue weighted by atomic mass is 9.66. The molecule has 0 aliphatic rings. The summed E-state index contributed by atoms with van der Waals surface area (Å²) in [5.74, 6) is -0.826. The molecule has 0 bridgehead atoms. The van der Waals surface area contributed by atoms with Gasteiger partial charge in [0.05, 0.1) is 12.0 Å². The number of carbonyl (C=O) groups is 1. The number of carboxylic acids is 1. The van der Waals surface area contributed by atoms with Gasteiger partial charge in [-0.05, 0) is 39.5 Å². The van der Waals surface area contributed by atoms with Crippen molar-refractivity contribution in [2.75, 3.05) is 7.11 Å². The maximum atomic E-state index is 10.9. The zero-order chi connectivity index (χ0) is 13.2. The monoisotopic (exact) mass is 231 g/mol. The highest BCUT2D eigenvalue weighted by Crippen LogP contribution is 2.41. The Kier molecular flexibility index (Phi) is 4.54. The molecule has 0 aromatic carbocycles. The van der Waals surface area contributed by atoms with Crippen LogP contribution in [0.15, 0.2) is 0 Å². The number of nitrogens with two attached hydrogens (primary N) is 1. The molecule has 0 spiro atoms. The summed E-state index contributed by atoms with van der Waals surface area (Å²) < 4.78 is 5.36. The van der Waals surface area contributed by atoms with Crippen LogP contribution >= 0.6 is 0 Å². The predicted octanol–water partition coefficient (Wildman–Crippen LogP) is 2.02. The molecule has 0 amide bonds. The summed E-state index contributed by atoms with van der Waals surface area (Å²) in [6, 6.07) is 0. The van der Waals surface area contributed by atoms with E-state index in [9.17, 15) is 4.79 Å². The Morgan fingerprint density at radius 2 is 1.69 bits per heavy atom. The standard InChI is InChI=1S/C12H25NO3/c1-10(2,16-6)8-12(5,7-9(14)15)11(3,4)13/h7-8,13H2,1-6H3,(H,14,15). The second kappa shape index (κ2) is 4.72. The van der Waals surface area contributed by atoms with Crippen LogP contribution in [0.4, 0.5) is 0 Å². The van der Waals surface area contributed by atoms with Crippen LogP contribution in [0.25, 0.3) is 0 Å². The molecule has 0 saturated heterocycles. The van der Waals surface area contributed by atoms with E-state index < -0.39 is 16.9 Å². The van der Waals surface area contributed by atoms with Crippen molar-refractivity contribution in [1.29, 1.82) is 0 Å². The first-order chi connectivity index (χ1) is 6.93. The Morgan fingerprint density at radius 3 is 1.94 bits per heavy atom. The summed E-state index contributed by atoms with van der Waals surface area (Å²) in [6.07, 6.45) is 0.648. The van der Waals surface area contributed by atoms with Crippen molar-refractivity contribution in [3.05, 3.63) is 0 Å². The summed E-state index contributed by atoms with van der Waals surface area (Å²) in [5, 5.41) is 8.99. The van der Waals surface area contributed by atoms with Gasteiger partial charge in [-0.1, -0.05) is 6.92 Å². The fourth-order valence-corrected chi connectivity index (χ4v) is 1.86. The minimum atomic E-state index is -0.826. The van der Waals surface area contributed by atoms with Gasteiger partial charge in [0, 0.05) is 12.6 Å². The van der Waals surface area contributed by atoms with E-state index in [2.05, 4.69) is 0 Å². The lowest BCUT2D eigenvalue weighted by Crippen LogP contribution is -2.53. The Labute approximate surface area is 98.2 Å². The largest absolute Gasteiger partial charge is 0.481 e. The van der Waals surface area contributed by atoms with Gasteiger partial charge in [-0.25, -0.2) is 0 Å². The summed E-state index contributed by atoms with van der Waals surface area (Å²) in [6.45, 7) is 9.52. The molecule has 1 unspecified atom stereocenters. The van der Waals surface area contributed by atoms with Crippen LogP contribution in [0.5, 0.6) is 0 Å². The molecule has 96 valence electrons. The lowest BCUT2D eigenvalue weighted by Gasteiger charge is -2.45. The zero-order valence-electron chi connectivity index (χ0n) is 11.3. The lowest BCUT2D eigenvalue weighted by molar-refractivity contribution is -0.142. The summed E-state index contributed by atoms with van der Waals surface area (Å²) in [7, 11) is 1.63. The molecule has 0 heterocycles. The number of methoxy groups -OCH3 is 1. The van der Waals surface area contributed by atoms with Gasteiger partial charge in [0.1, 0.15) is 0 Å². The molecule has 1 atom stereocenters. The Bertz CT molecular complexity index is 255. The third kappa shape index (κ3) is 4.10. The van der Waals surface area contributed by atoms with Crippen molar-refractivity contribution in [1.82, 2.24) is 0 Å². The summed E-state index contributed by atoms with van der Waals surface area (Å²) in [5.41, 5.74) is 4.66. The van der Waals surface area contributed by atoms with Gasteiger partial charge in [-0.2, -0.15) is 0 Å². The molecule has 0 aromatic heterocycles. The molecule has 4 nitrogen and oxygen atoms in total. The Balaban J connectivity index is 5.03. The van der Waals surface area contributed by atoms with Gasteiger partial charge in [-0.15, -0.1) is 0 Å². The van der Waals surface area contributed by atoms with Crippen molar-refractivity contribution in [3.63, 3.8) is 0 Å². The van der Waals surface area contributed by atoms with Crippen LogP contribution in [0.2, 0.25) is 0 Å². The zero-order valence-corrected chi connectivity index (χ0v) is 11.3. The molecular weight excluding hydrogens is 206 g/mol. The van der Waals surface area contributed by atoms with Crippen molar-refractivity contribution < 1.29 is 14.6 Å². The molecule has 4 heteroatoms. The quantitative estimate of drug-likeness (QED) is 0.733. The van der Waals surface area contributed by atoms with Gasteiger partial charge in [0.15, 0.2) is 0 Å². The van der Waals surface area contributed by atoms with Gasteiger partial charge in [-0.3, -0.25) is 4.79 Å².